The van der Waals surface area contributed by atoms with Crippen molar-refractivity contribution in [2.75, 3.05) is 39.3 Å². The van der Waals surface area contributed by atoms with E-state index in [1.54, 1.807) is 4.90 Å². The average Bonchev–Trinajstić information content (AvgIpc) is 2.83. The fourth-order valence-corrected chi connectivity index (χ4v) is 4.25. The topological polar surface area (TPSA) is 43.9 Å². The molecule has 0 radical (unpaired) electrons. The Balaban J connectivity index is 1.65. The van der Waals surface area contributed by atoms with E-state index in [-0.39, 0.29) is 17.2 Å². The normalized spacial score (nSPS) is 22.3. The maximum atomic E-state index is 12.6. The summed E-state index contributed by atoms with van der Waals surface area (Å²) in [5.74, 6) is 0.140. The summed E-state index contributed by atoms with van der Waals surface area (Å²) in [6.07, 6.45) is 5.28. The molecule has 0 saturated carbocycles. The van der Waals surface area contributed by atoms with E-state index in [1.807, 2.05) is 35.2 Å². The summed E-state index contributed by atoms with van der Waals surface area (Å²) in [6, 6.07) is 9.84. The smallest absolute Gasteiger partial charge is 0.279 e. The largest absolute Gasteiger partial charge is 0.340 e. The van der Waals surface area contributed by atoms with Gasteiger partial charge in [-0.3, -0.25) is 9.59 Å². The fourth-order valence-electron chi connectivity index (χ4n) is 4.01. The summed E-state index contributed by atoms with van der Waals surface area (Å²) in [5.41, 5.74) is 1.06. The lowest BCUT2D eigenvalue weighted by Crippen LogP contribution is -2.39. The van der Waals surface area contributed by atoms with Gasteiger partial charge in [0.1, 0.15) is 0 Å². The number of likely N-dealkylation sites (tertiary alicyclic amines) is 1. The van der Waals surface area contributed by atoms with Gasteiger partial charge in [0.15, 0.2) is 0 Å². The van der Waals surface area contributed by atoms with Crippen molar-refractivity contribution < 1.29 is 9.59 Å². The van der Waals surface area contributed by atoms with Crippen molar-refractivity contribution in [1.29, 1.82) is 0 Å². The Kier molecular flexibility index (Phi) is 6.97. The fraction of sp³-hybridized carbons (Fsp3) is 0.600. The summed E-state index contributed by atoms with van der Waals surface area (Å²) in [7, 11) is 0. The molecule has 0 bridgehead atoms. The quantitative estimate of drug-likeness (QED) is 0.804. The highest BCUT2D eigenvalue weighted by Crippen LogP contribution is 2.26. The molecule has 142 valence electrons. The number of carbonyl (C=O) groups excluding carboxylic acids is 2. The number of hydrogen-bond acceptors (Lipinski definition) is 3. The molecule has 1 aromatic rings. The molecule has 1 unspecified atom stereocenters. The highest BCUT2D eigenvalue weighted by atomic mass is 32.1. The zero-order valence-electron chi connectivity index (χ0n) is 15.3. The molecule has 0 aliphatic carbocycles. The van der Waals surface area contributed by atoms with Crippen LogP contribution < -0.4 is 0 Å². The lowest BCUT2D eigenvalue weighted by atomic mass is 10.1. The van der Waals surface area contributed by atoms with E-state index in [4.69, 9.17) is 0 Å². The van der Waals surface area contributed by atoms with Crippen molar-refractivity contribution in [2.24, 2.45) is 0 Å². The first kappa shape index (κ1) is 19.2. The van der Waals surface area contributed by atoms with Crippen LogP contribution in [-0.4, -0.2) is 65.1 Å². The van der Waals surface area contributed by atoms with Gasteiger partial charge in [-0.15, -0.1) is 0 Å². The Hall–Kier alpha value is -1.53. The van der Waals surface area contributed by atoms with Crippen molar-refractivity contribution in [3.8, 4) is 0 Å². The number of nitrogens with zero attached hydrogens (tertiary/aromatic N) is 3. The van der Waals surface area contributed by atoms with E-state index < -0.39 is 0 Å². The zero-order chi connectivity index (χ0) is 18.4. The first-order valence-electron chi connectivity index (χ1n) is 9.70. The molecular weight excluding hydrogens is 346 g/mol. The molecule has 3 rings (SSSR count). The standard InChI is InChI=1S/C20H29N3O2S/c24-19-10-15-23(20(25)26)18(17-8-3-1-4-9-17)16-22(19)14-7-13-21-11-5-2-6-12-21/h1,3-4,8-9,18H,2,5-7,10-16H2,(H,25,26). The minimum atomic E-state index is -0.262. The first-order chi connectivity index (χ1) is 12.6. The lowest BCUT2D eigenvalue weighted by Gasteiger charge is -2.32. The van der Waals surface area contributed by atoms with Crippen molar-refractivity contribution in [3.05, 3.63) is 35.9 Å². The zero-order valence-corrected chi connectivity index (χ0v) is 16.2. The molecule has 1 atom stereocenters. The number of carbonyl (C=O) groups is 2. The number of hydrogen-bond donors (Lipinski definition) is 1. The number of piperidine rings is 1. The van der Waals surface area contributed by atoms with Gasteiger partial charge >= 0.3 is 0 Å². The number of thiol groups is 1. The van der Waals surface area contributed by atoms with Crippen LogP contribution in [-0.2, 0) is 4.79 Å². The molecule has 0 aromatic heterocycles. The predicted molar refractivity (Wildman–Crippen MR) is 106 cm³/mol. The van der Waals surface area contributed by atoms with Gasteiger partial charge in [-0.05, 0) is 44.5 Å². The van der Waals surface area contributed by atoms with Crippen molar-refractivity contribution in [3.63, 3.8) is 0 Å². The van der Waals surface area contributed by atoms with Crippen LogP contribution >= 0.6 is 12.6 Å². The Morgan fingerprint density at radius 2 is 1.77 bits per heavy atom. The lowest BCUT2D eigenvalue weighted by molar-refractivity contribution is -0.130. The van der Waals surface area contributed by atoms with Gasteiger partial charge in [0.25, 0.3) is 5.24 Å². The highest BCUT2D eigenvalue weighted by Gasteiger charge is 2.31. The van der Waals surface area contributed by atoms with E-state index in [1.165, 1.54) is 32.4 Å². The molecule has 2 aliphatic heterocycles. The molecule has 5 nitrogen and oxygen atoms in total. The molecule has 0 spiro atoms. The van der Waals surface area contributed by atoms with Gasteiger partial charge in [-0.2, -0.15) is 0 Å². The molecular formula is C20H29N3O2S. The minimum absolute atomic E-state index is 0.123. The van der Waals surface area contributed by atoms with Crippen LogP contribution in [0.5, 0.6) is 0 Å². The van der Waals surface area contributed by atoms with Crippen molar-refractivity contribution in [1.82, 2.24) is 14.7 Å². The SMILES string of the molecule is O=C1CCN(C(=O)S)C(c2ccccc2)CN1CCCN1CCCCC1. The number of rotatable bonds is 5. The molecule has 0 N–H and O–H groups in total. The highest BCUT2D eigenvalue weighted by molar-refractivity contribution is 7.96. The van der Waals surface area contributed by atoms with Crippen LogP contribution in [0.1, 0.15) is 43.7 Å². The van der Waals surface area contributed by atoms with Gasteiger partial charge in [0, 0.05) is 26.1 Å². The molecule has 1 aromatic carbocycles. The van der Waals surface area contributed by atoms with Crippen LogP contribution in [0.4, 0.5) is 4.79 Å². The van der Waals surface area contributed by atoms with E-state index in [0.717, 1.165) is 25.1 Å². The van der Waals surface area contributed by atoms with Gasteiger partial charge in [-0.25, -0.2) is 0 Å². The second-order valence-corrected chi connectivity index (χ2v) is 7.63. The Morgan fingerprint density at radius 1 is 1.04 bits per heavy atom. The Bertz CT molecular complexity index is 604. The third-order valence-corrected chi connectivity index (χ3v) is 5.73. The molecule has 2 fully saturated rings. The Labute approximate surface area is 161 Å². The second-order valence-electron chi connectivity index (χ2n) is 7.25. The van der Waals surface area contributed by atoms with Crippen LogP contribution in [0.25, 0.3) is 0 Å². The van der Waals surface area contributed by atoms with Gasteiger partial charge < -0.3 is 14.7 Å². The number of amides is 2. The summed E-state index contributed by atoms with van der Waals surface area (Å²) < 4.78 is 0. The van der Waals surface area contributed by atoms with Crippen molar-refractivity contribution >= 4 is 23.8 Å². The van der Waals surface area contributed by atoms with Gasteiger partial charge in [-0.1, -0.05) is 49.4 Å². The number of benzene rings is 1. The van der Waals surface area contributed by atoms with Crippen molar-refractivity contribution in [2.45, 2.75) is 38.1 Å². The Morgan fingerprint density at radius 3 is 2.46 bits per heavy atom. The van der Waals surface area contributed by atoms with E-state index >= 15 is 0 Å². The summed E-state index contributed by atoms with van der Waals surface area (Å²) in [6.45, 7) is 5.16. The maximum absolute atomic E-state index is 12.6. The molecule has 6 heteroatoms. The van der Waals surface area contributed by atoms with Gasteiger partial charge in [0.2, 0.25) is 5.91 Å². The summed E-state index contributed by atoms with van der Waals surface area (Å²) in [5, 5.41) is -0.262. The van der Waals surface area contributed by atoms with Crippen LogP contribution in [0.3, 0.4) is 0 Å². The summed E-state index contributed by atoms with van der Waals surface area (Å²) in [4.78, 5) is 30.8. The van der Waals surface area contributed by atoms with E-state index in [0.29, 0.717) is 19.5 Å². The average molecular weight is 376 g/mol. The first-order valence-corrected chi connectivity index (χ1v) is 10.1. The molecule has 2 saturated heterocycles. The van der Waals surface area contributed by atoms with Gasteiger partial charge in [0.05, 0.1) is 6.04 Å². The molecule has 26 heavy (non-hydrogen) atoms. The molecule has 2 aliphatic rings. The second kappa shape index (κ2) is 9.42. The minimum Gasteiger partial charge on any atom is -0.340 e. The van der Waals surface area contributed by atoms with Crippen LogP contribution in [0.15, 0.2) is 30.3 Å². The summed E-state index contributed by atoms with van der Waals surface area (Å²) >= 11 is 4.05. The van der Waals surface area contributed by atoms with E-state index in [9.17, 15) is 9.59 Å². The third-order valence-electron chi connectivity index (χ3n) is 5.47. The predicted octanol–water partition coefficient (Wildman–Crippen LogP) is 3.19. The molecule has 2 amide bonds. The van der Waals surface area contributed by atoms with Crippen LogP contribution in [0.2, 0.25) is 0 Å². The monoisotopic (exact) mass is 375 g/mol. The maximum Gasteiger partial charge on any atom is 0.279 e. The van der Waals surface area contributed by atoms with Crippen LogP contribution in [0, 0.1) is 0 Å². The van der Waals surface area contributed by atoms with E-state index in [2.05, 4.69) is 17.5 Å². The third kappa shape index (κ3) is 5.01. The molecule has 2 heterocycles.